The molecule has 1 saturated heterocycles. The van der Waals surface area contributed by atoms with Crippen molar-refractivity contribution in [1.82, 2.24) is 10.2 Å². The van der Waals surface area contributed by atoms with Gasteiger partial charge < -0.3 is 10.2 Å². The van der Waals surface area contributed by atoms with Crippen LogP contribution in [0.15, 0.2) is 24.3 Å². The Morgan fingerprint density at radius 1 is 1.24 bits per heavy atom. The molecular weight excluding hydrogens is 288 g/mol. The predicted molar refractivity (Wildman–Crippen MR) is 86.0 cm³/mol. The summed E-state index contributed by atoms with van der Waals surface area (Å²) in [4.78, 5) is 26.1. The monoisotopic (exact) mass is 310 g/mol. The summed E-state index contributed by atoms with van der Waals surface area (Å²) in [7, 11) is 0. The van der Waals surface area contributed by atoms with E-state index in [1.54, 1.807) is 0 Å². The quantitative estimate of drug-likeness (QED) is 0.867. The van der Waals surface area contributed by atoms with Gasteiger partial charge in [0.1, 0.15) is 0 Å². The zero-order valence-electron chi connectivity index (χ0n) is 12.6. The third kappa shape index (κ3) is 4.83. The number of nitrogens with zero attached hydrogens (tertiary/aromatic N) is 1. The maximum absolute atomic E-state index is 12.1. The second-order valence-electron chi connectivity index (χ2n) is 5.43. The molecule has 1 aromatic rings. The van der Waals surface area contributed by atoms with Gasteiger partial charge in [0.05, 0.1) is 0 Å². The van der Waals surface area contributed by atoms with Gasteiger partial charge in [-0.1, -0.05) is 29.8 Å². The van der Waals surface area contributed by atoms with Crippen molar-refractivity contribution in [2.75, 3.05) is 19.6 Å². The Hall–Kier alpha value is -1.39. The smallest absolute Gasteiger partial charge is 0.223 e. The number of nitrogens with one attached hydrogen (secondary N) is 1. The van der Waals surface area contributed by atoms with Crippen LogP contribution in [0.2, 0.25) is 0 Å². The van der Waals surface area contributed by atoms with Gasteiger partial charge in [-0.05, 0) is 13.8 Å². The van der Waals surface area contributed by atoms with Gasteiger partial charge in [-0.15, -0.1) is 12.4 Å². The zero-order valence-corrected chi connectivity index (χ0v) is 13.4. The Balaban J connectivity index is 0.00000220. The third-order valence-electron chi connectivity index (χ3n) is 3.76. The van der Waals surface area contributed by atoms with Crippen molar-refractivity contribution in [3.8, 4) is 0 Å². The van der Waals surface area contributed by atoms with Gasteiger partial charge in [-0.25, -0.2) is 0 Å². The molecule has 1 heterocycles. The minimum atomic E-state index is 0. The standard InChI is InChI=1S/C16H22N2O2.ClH/c1-12-3-5-14(6-4-12)15(19)7-8-16(20)18-10-9-17-11-13(18)2;/h3-6,13,17H,7-11H2,1-2H3;1H/t13-;/m0./s1. The average molecular weight is 311 g/mol. The van der Waals surface area contributed by atoms with E-state index in [9.17, 15) is 9.59 Å². The van der Waals surface area contributed by atoms with E-state index in [2.05, 4.69) is 5.32 Å². The summed E-state index contributed by atoms with van der Waals surface area (Å²) in [5.74, 6) is 0.126. The lowest BCUT2D eigenvalue weighted by atomic mass is 10.0. The molecule has 1 N–H and O–H groups in total. The topological polar surface area (TPSA) is 49.4 Å². The number of carbonyl (C=O) groups is 2. The first-order chi connectivity index (χ1) is 9.58. The molecule has 0 radical (unpaired) electrons. The highest BCUT2D eigenvalue weighted by Crippen LogP contribution is 2.11. The number of carbonyl (C=O) groups excluding carboxylic acids is 2. The summed E-state index contributed by atoms with van der Waals surface area (Å²) in [6, 6.07) is 7.72. The molecule has 21 heavy (non-hydrogen) atoms. The molecule has 1 aliphatic heterocycles. The molecule has 1 aromatic carbocycles. The van der Waals surface area contributed by atoms with Crippen LogP contribution in [-0.4, -0.2) is 42.3 Å². The molecule has 5 heteroatoms. The van der Waals surface area contributed by atoms with Gasteiger partial charge in [-0.2, -0.15) is 0 Å². The summed E-state index contributed by atoms with van der Waals surface area (Å²) in [5.41, 5.74) is 1.82. The van der Waals surface area contributed by atoms with Crippen LogP contribution in [0.4, 0.5) is 0 Å². The van der Waals surface area contributed by atoms with E-state index in [4.69, 9.17) is 0 Å². The number of hydrogen-bond donors (Lipinski definition) is 1. The Morgan fingerprint density at radius 3 is 2.52 bits per heavy atom. The van der Waals surface area contributed by atoms with Gasteiger partial charge in [0.2, 0.25) is 5.91 Å². The molecular formula is C16H23ClN2O2. The molecule has 1 atom stereocenters. The predicted octanol–water partition coefficient (Wildman–Crippen LogP) is 2.20. The third-order valence-corrected chi connectivity index (χ3v) is 3.76. The molecule has 0 unspecified atom stereocenters. The van der Waals surface area contributed by atoms with Crippen molar-refractivity contribution in [1.29, 1.82) is 0 Å². The first kappa shape index (κ1) is 17.7. The Labute approximate surface area is 132 Å². The van der Waals surface area contributed by atoms with E-state index in [0.717, 1.165) is 25.2 Å². The highest BCUT2D eigenvalue weighted by Gasteiger charge is 2.23. The van der Waals surface area contributed by atoms with Crippen LogP contribution < -0.4 is 5.32 Å². The largest absolute Gasteiger partial charge is 0.337 e. The average Bonchev–Trinajstić information content (AvgIpc) is 2.45. The highest BCUT2D eigenvalue weighted by molar-refractivity contribution is 5.98. The highest BCUT2D eigenvalue weighted by atomic mass is 35.5. The molecule has 4 nitrogen and oxygen atoms in total. The molecule has 0 spiro atoms. The molecule has 0 aromatic heterocycles. The molecule has 1 aliphatic rings. The SMILES string of the molecule is Cc1ccc(C(=O)CCC(=O)N2CCNC[C@@H]2C)cc1.Cl. The van der Waals surface area contributed by atoms with Gasteiger partial charge in [0.25, 0.3) is 0 Å². The summed E-state index contributed by atoms with van der Waals surface area (Å²) >= 11 is 0. The number of ketones is 1. The summed E-state index contributed by atoms with van der Waals surface area (Å²) in [5, 5.41) is 3.25. The summed E-state index contributed by atoms with van der Waals surface area (Å²) in [6.45, 7) is 6.42. The van der Waals surface area contributed by atoms with E-state index >= 15 is 0 Å². The van der Waals surface area contributed by atoms with E-state index < -0.39 is 0 Å². The van der Waals surface area contributed by atoms with Crippen LogP contribution in [0.1, 0.15) is 35.7 Å². The van der Waals surface area contributed by atoms with E-state index in [-0.39, 0.29) is 30.1 Å². The lowest BCUT2D eigenvalue weighted by molar-refractivity contribution is -0.133. The number of aryl methyl sites for hydroxylation is 1. The molecule has 1 fully saturated rings. The number of amides is 1. The first-order valence-corrected chi connectivity index (χ1v) is 7.18. The van der Waals surface area contributed by atoms with Crippen LogP contribution >= 0.6 is 12.4 Å². The first-order valence-electron chi connectivity index (χ1n) is 7.18. The second-order valence-corrected chi connectivity index (χ2v) is 5.43. The molecule has 0 aliphatic carbocycles. The molecule has 0 saturated carbocycles. The fourth-order valence-corrected chi connectivity index (χ4v) is 2.46. The molecule has 116 valence electrons. The van der Waals surface area contributed by atoms with Crippen molar-refractivity contribution in [2.45, 2.75) is 32.7 Å². The minimum absolute atomic E-state index is 0. The lowest BCUT2D eigenvalue weighted by Gasteiger charge is -2.34. The van der Waals surface area contributed by atoms with E-state index in [0.29, 0.717) is 18.4 Å². The van der Waals surface area contributed by atoms with Gasteiger partial charge in [0.15, 0.2) is 5.78 Å². The van der Waals surface area contributed by atoms with Gasteiger partial charge >= 0.3 is 0 Å². The zero-order chi connectivity index (χ0) is 14.5. The molecule has 2 rings (SSSR count). The van der Waals surface area contributed by atoms with E-state index in [1.807, 2.05) is 43.0 Å². The normalized spacial score (nSPS) is 18.0. The Bertz CT molecular complexity index is 488. The maximum Gasteiger partial charge on any atom is 0.223 e. The van der Waals surface area contributed by atoms with Gasteiger partial charge in [0, 0.05) is 44.1 Å². The maximum atomic E-state index is 12.1. The van der Waals surface area contributed by atoms with Crippen LogP contribution in [0, 0.1) is 6.92 Å². The molecule has 0 bridgehead atoms. The van der Waals surface area contributed by atoms with Crippen molar-refractivity contribution in [3.05, 3.63) is 35.4 Å². The lowest BCUT2D eigenvalue weighted by Crippen LogP contribution is -2.52. The number of Topliss-reactive ketones (excluding diaryl/α,β-unsaturated/α-hetero) is 1. The molecule has 1 amide bonds. The van der Waals surface area contributed by atoms with Gasteiger partial charge in [-0.3, -0.25) is 9.59 Å². The second kappa shape index (κ2) is 8.15. The van der Waals surface area contributed by atoms with Crippen LogP contribution in [-0.2, 0) is 4.79 Å². The number of hydrogen-bond acceptors (Lipinski definition) is 3. The summed E-state index contributed by atoms with van der Waals surface area (Å²) in [6.07, 6.45) is 0.593. The summed E-state index contributed by atoms with van der Waals surface area (Å²) < 4.78 is 0. The fourth-order valence-electron chi connectivity index (χ4n) is 2.46. The Morgan fingerprint density at radius 2 is 1.90 bits per heavy atom. The van der Waals surface area contributed by atoms with Crippen LogP contribution in [0.5, 0.6) is 0 Å². The fraction of sp³-hybridized carbons (Fsp3) is 0.500. The number of halogens is 1. The number of benzene rings is 1. The van der Waals surface area contributed by atoms with Crippen molar-refractivity contribution in [3.63, 3.8) is 0 Å². The van der Waals surface area contributed by atoms with E-state index in [1.165, 1.54) is 0 Å². The van der Waals surface area contributed by atoms with Crippen LogP contribution in [0.25, 0.3) is 0 Å². The van der Waals surface area contributed by atoms with Crippen molar-refractivity contribution < 1.29 is 9.59 Å². The Kier molecular flexibility index (Phi) is 6.85. The van der Waals surface area contributed by atoms with Crippen LogP contribution in [0.3, 0.4) is 0 Å². The number of rotatable bonds is 4. The minimum Gasteiger partial charge on any atom is -0.337 e. The van der Waals surface area contributed by atoms with Crippen molar-refractivity contribution in [2.24, 2.45) is 0 Å². The number of piperazine rings is 1. The van der Waals surface area contributed by atoms with Crippen molar-refractivity contribution >= 4 is 24.1 Å².